The largest absolute Gasteiger partial charge is 0.454 e. The molecule has 0 spiro atoms. The Morgan fingerprint density at radius 3 is 2.83 bits per heavy atom. The molecule has 0 saturated carbocycles. The highest BCUT2D eigenvalue weighted by molar-refractivity contribution is 6.32. The first-order valence-electron chi connectivity index (χ1n) is 5.06. The van der Waals surface area contributed by atoms with E-state index in [2.05, 4.69) is 10.1 Å². The molecule has 2 aromatic rings. The summed E-state index contributed by atoms with van der Waals surface area (Å²) < 4.78 is 5.54. The summed E-state index contributed by atoms with van der Waals surface area (Å²) in [6, 6.07) is 8.37. The molecule has 3 N–H and O–H groups in total. The van der Waals surface area contributed by atoms with Crippen molar-refractivity contribution in [3.63, 3.8) is 0 Å². The number of aromatic nitrogens is 1. The minimum atomic E-state index is -0.00942. The third-order valence-electron chi connectivity index (χ3n) is 2.20. The summed E-state index contributed by atoms with van der Waals surface area (Å²) in [5.74, 6) is 1.04. The Bertz CT molecular complexity index is 573. The standard InChI is InChI=1S/C12H10ClN3O2/c13-10-6-8(12(14)16-17)3-4-11(10)18-9-2-1-5-15-7-9/h1-7,17H,(H2,14,16). The average molecular weight is 264 g/mol. The number of amidine groups is 1. The predicted molar refractivity (Wildman–Crippen MR) is 68.3 cm³/mol. The Balaban J connectivity index is 2.26. The van der Waals surface area contributed by atoms with Crippen LogP contribution in [0.2, 0.25) is 5.02 Å². The van der Waals surface area contributed by atoms with Gasteiger partial charge in [-0.25, -0.2) is 0 Å². The Morgan fingerprint density at radius 1 is 1.39 bits per heavy atom. The van der Waals surface area contributed by atoms with Gasteiger partial charge >= 0.3 is 0 Å². The van der Waals surface area contributed by atoms with Crippen LogP contribution in [0.4, 0.5) is 0 Å². The van der Waals surface area contributed by atoms with Crippen molar-refractivity contribution in [2.75, 3.05) is 0 Å². The van der Waals surface area contributed by atoms with Crippen molar-refractivity contribution in [3.8, 4) is 11.5 Å². The van der Waals surface area contributed by atoms with E-state index >= 15 is 0 Å². The van der Waals surface area contributed by atoms with Gasteiger partial charge in [0, 0.05) is 11.8 Å². The number of rotatable bonds is 3. The highest BCUT2D eigenvalue weighted by Gasteiger charge is 2.07. The molecule has 0 saturated heterocycles. The van der Waals surface area contributed by atoms with E-state index in [0.717, 1.165) is 0 Å². The summed E-state index contributed by atoms with van der Waals surface area (Å²) in [5.41, 5.74) is 5.97. The molecule has 0 amide bonds. The van der Waals surface area contributed by atoms with Crippen molar-refractivity contribution >= 4 is 17.4 Å². The van der Waals surface area contributed by atoms with Crippen LogP contribution in [0.3, 0.4) is 0 Å². The number of hydrogen-bond acceptors (Lipinski definition) is 4. The predicted octanol–water partition coefficient (Wildman–Crippen LogP) is 2.62. The van der Waals surface area contributed by atoms with Crippen LogP contribution >= 0.6 is 11.6 Å². The number of hydrogen-bond donors (Lipinski definition) is 2. The number of oxime groups is 1. The lowest BCUT2D eigenvalue weighted by molar-refractivity contribution is 0.318. The van der Waals surface area contributed by atoms with Gasteiger partial charge in [0.1, 0.15) is 11.5 Å². The van der Waals surface area contributed by atoms with Crippen LogP contribution in [0.15, 0.2) is 47.9 Å². The fourth-order valence-corrected chi connectivity index (χ4v) is 1.55. The molecule has 0 radical (unpaired) electrons. The van der Waals surface area contributed by atoms with Crippen molar-refractivity contribution in [3.05, 3.63) is 53.3 Å². The van der Waals surface area contributed by atoms with Gasteiger partial charge in [0.2, 0.25) is 0 Å². The fraction of sp³-hybridized carbons (Fsp3) is 0. The van der Waals surface area contributed by atoms with Gasteiger partial charge in [0.15, 0.2) is 5.84 Å². The molecule has 1 aromatic carbocycles. The second kappa shape index (κ2) is 5.37. The molecule has 0 fully saturated rings. The van der Waals surface area contributed by atoms with Crippen molar-refractivity contribution in [2.24, 2.45) is 10.9 Å². The van der Waals surface area contributed by atoms with Crippen molar-refractivity contribution in [1.82, 2.24) is 4.98 Å². The normalized spacial score (nSPS) is 11.3. The molecule has 0 bridgehead atoms. The Kier molecular flexibility index (Phi) is 3.64. The topological polar surface area (TPSA) is 80.7 Å². The van der Waals surface area contributed by atoms with Crippen LogP contribution in [-0.2, 0) is 0 Å². The highest BCUT2D eigenvalue weighted by atomic mass is 35.5. The summed E-state index contributed by atoms with van der Waals surface area (Å²) in [6.45, 7) is 0. The number of pyridine rings is 1. The maximum Gasteiger partial charge on any atom is 0.170 e. The highest BCUT2D eigenvalue weighted by Crippen LogP contribution is 2.29. The van der Waals surface area contributed by atoms with Crippen LogP contribution in [0, 0.1) is 0 Å². The van der Waals surface area contributed by atoms with Crippen LogP contribution in [0.5, 0.6) is 11.5 Å². The lowest BCUT2D eigenvalue weighted by atomic mass is 10.2. The summed E-state index contributed by atoms with van der Waals surface area (Å²) in [4.78, 5) is 3.93. The van der Waals surface area contributed by atoms with E-state index in [-0.39, 0.29) is 5.84 Å². The quantitative estimate of drug-likeness (QED) is 0.386. The summed E-state index contributed by atoms with van der Waals surface area (Å²) in [6.07, 6.45) is 3.23. The molecule has 0 aliphatic rings. The average Bonchev–Trinajstić information content (AvgIpc) is 2.41. The summed E-state index contributed by atoms with van der Waals surface area (Å²) in [7, 11) is 0. The summed E-state index contributed by atoms with van der Waals surface area (Å²) in [5, 5.41) is 11.8. The second-order valence-corrected chi connectivity index (χ2v) is 3.83. The monoisotopic (exact) mass is 263 g/mol. The smallest absolute Gasteiger partial charge is 0.170 e. The van der Waals surface area contributed by atoms with E-state index in [0.29, 0.717) is 22.1 Å². The molecule has 1 aromatic heterocycles. The van der Waals surface area contributed by atoms with Crippen molar-refractivity contribution < 1.29 is 9.94 Å². The molecule has 0 aliphatic heterocycles. The number of nitrogens with zero attached hydrogens (tertiary/aromatic N) is 2. The second-order valence-electron chi connectivity index (χ2n) is 3.42. The van der Waals surface area contributed by atoms with Gasteiger partial charge in [0.05, 0.1) is 11.2 Å². The Hall–Kier alpha value is -2.27. The van der Waals surface area contributed by atoms with E-state index in [4.69, 9.17) is 27.3 Å². The molecule has 0 atom stereocenters. The molecular weight excluding hydrogens is 254 g/mol. The zero-order valence-corrected chi connectivity index (χ0v) is 10.0. The lowest BCUT2D eigenvalue weighted by Gasteiger charge is -2.08. The van der Waals surface area contributed by atoms with Crippen LogP contribution in [-0.4, -0.2) is 16.0 Å². The van der Waals surface area contributed by atoms with Gasteiger partial charge in [-0.05, 0) is 30.3 Å². The van der Waals surface area contributed by atoms with E-state index < -0.39 is 0 Å². The summed E-state index contributed by atoms with van der Waals surface area (Å²) >= 11 is 6.04. The first-order valence-corrected chi connectivity index (χ1v) is 5.44. The Morgan fingerprint density at radius 2 is 2.22 bits per heavy atom. The zero-order chi connectivity index (χ0) is 13.0. The minimum Gasteiger partial charge on any atom is -0.454 e. The molecule has 0 unspecified atom stereocenters. The van der Waals surface area contributed by atoms with Gasteiger partial charge in [0.25, 0.3) is 0 Å². The van der Waals surface area contributed by atoms with E-state index in [9.17, 15) is 0 Å². The first kappa shape index (κ1) is 12.2. The lowest BCUT2D eigenvalue weighted by Crippen LogP contribution is -2.12. The maximum absolute atomic E-state index is 8.56. The van der Waals surface area contributed by atoms with Crippen LogP contribution < -0.4 is 10.5 Å². The number of benzene rings is 1. The third-order valence-corrected chi connectivity index (χ3v) is 2.49. The maximum atomic E-state index is 8.56. The zero-order valence-electron chi connectivity index (χ0n) is 9.25. The van der Waals surface area contributed by atoms with Crippen molar-refractivity contribution in [1.29, 1.82) is 0 Å². The minimum absolute atomic E-state index is 0.00942. The van der Waals surface area contributed by atoms with Gasteiger partial charge in [-0.1, -0.05) is 16.8 Å². The molecule has 92 valence electrons. The number of ether oxygens (including phenoxy) is 1. The molecule has 5 nitrogen and oxygen atoms in total. The van der Waals surface area contributed by atoms with Gasteiger partial charge < -0.3 is 15.7 Å². The van der Waals surface area contributed by atoms with Crippen LogP contribution in [0.1, 0.15) is 5.56 Å². The molecule has 1 heterocycles. The first-order chi connectivity index (χ1) is 8.70. The SMILES string of the molecule is NC(=NO)c1ccc(Oc2cccnc2)c(Cl)c1. The van der Waals surface area contributed by atoms with E-state index in [1.165, 1.54) is 0 Å². The van der Waals surface area contributed by atoms with Crippen LogP contribution in [0.25, 0.3) is 0 Å². The molecule has 6 heteroatoms. The van der Waals surface area contributed by atoms with Gasteiger partial charge in [-0.15, -0.1) is 0 Å². The van der Waals surface area contributed by atoms with Gasteiger partial charge in [-0.2, -0.15) is 0 Å². The van der Waals surface area contributed by atoms with E-state index in [1.807, 2.05) is 0 Å². The molecule has 2 rings (SSSR count). The number of halogens is 1. The number of nitrogens with two attached hydrogens (primary N) is 1. The van der Waals surface area contributed by atoms with Gasteiger partial charge in [-0.3, -0.25) is 4.98 Å². The molecule has 18 heavy (non-hydrogen) atoms. The van der Waals surface area contributed by atoms with E-state index in [1.54, 1.807) is 42.7 Å². The molecular formula is C12H10ClN3O2. The Labute approximate surface area is 108 Å². The third kappa shape index (κ3) is 2.70. The fourth-order valence-electron chi connectivity index (χ4n) is 1.34. The van der Waals surface area contributed by atoms with Crippen molar-refractivity contribution in [2.45, 2.75) is 0 Å². The molecule has 0 aliphatic carbocycles.